The molecular weight excluding hydrogens is 308 g/mol. The zero-order valence-electron chi connectivity index (χ0n) is 13.3. The Bertz CT molecular complexity index is 796. The molecule has 2 aromatic heterocycles. The van der Waals surface area contributed by atoms with Gasteiger partial charge in [-0.2, -0.15) is 10.1 Å². The maximum absolute atomic E-state index is 11.8. The number of nitrogens with one attached hydrogen (secondary N) is 2. The van der Waals surface area contributed by atoms with Crippen LogP contribution in [0.5, 0.6) is 0 Å². The van der Waals surface area contributed by atoms with E-state index < -0.39 is 0 Å². The number of carbonyl (C=O) groups excluding carboxylic acids is 1. The number of rotatable bonds is 6. The summed E-state index contributed by atoms with van der Waals surface area (Å²) in [7, 11) is 0. The average Bonchev–Trinajstić information content (AvgIpc) is 3.23. The van der Waals surface area contributed by atoms with E-state index in [1.54, 1.807) is 17.1 Å². The number of hydrogen-bond acceptors (Lipinski definition) is 5. The van der Waals surface area contributed by atoms with Crippen molar-refractivity contribution in [1.82, 2.24) is 25.2 Å². The number of hydrogen-bond donors (Lipinski definition) is 2. The molecule has 0 aliphatic heterocycles. The first kappa shape index (κ1) is 15.7. The van der Waals surface area contributed by atoms with E-state index in [2.05, 4.69) is 25.9 Å². The van der Waals surface area contributed by atoms with Crippen molar-refractivity contribution in [3.63, 3.8) is 0 Å². The van der Waals surface area contributed by atoms with Gasteiger partial charge in [-0.1, -0.05) is 35.5 Å². The highest BCUT2D eigenvalue weighted by Crippen LogP contribution is 2.07. The van der Waals surface area contributed by atoms with Crippen LogP contribution in [0.3, 0.4) is 0 Å². The van der Waals surface area contributed by atoms with Gasteiger partial charge in [0.25, 0.3) is 0 Å². The molecule has 2 amide bonds. The monoisotopic (exact) mass is 326 g/mol. The lowest BCUT2D eigenvalue weighted by molar-refractivity contribution is 0.249. The molecule has 0 fully saturated rings. The lowest BCUT2D eigenvalue weighted by atomic mass is 10.1. The van der Waals surface area contributed by atoms with E-state index >= 15 is 0 Å². The quantitative estimate of drug-likeness (QED) is 0.723. The third-order valence-electron chi connectivity index (χ3n) is 3.33. The first-order valence-corrected chi connectivity index (χ1v) is 7.65. The number of aromatic nitrogens is 4. The Kier molecular flexibility index (Phi) is 4.85. The molecule has 0 radical (unpaired) electrons. The average molecular weight is 326 g/mol. The summed E-state index contributed by atoms with van der Waals surface area (Å²) in [5, 5.41) is 13.4. The predicted octanol–water partition coefficient (Wildman–Crippen LogP) is 2.20. The number of amides is 2. The second-order valence-electron chi connectivity index (χ2n) is 5.16. The molecule has 3 aromatic rings. The molecule has 0 saturated carbocycles. The van der Waals surface area contributed by atoms with E-state index in [0.29, 0.717) is 23.8 Å². The Morgan fingerprint density at radius 1 is 1.29 bits per heavy atom. The maximum Gasteiger partial charge on any atom is 0.319 e. The SMILES string of the molecule is CCn1cc(NC(=O)NCc2nc(Cc3ccccc3)no2)cn1. The van der Waals surface area contributed by atoms with Gasteiger partial charge in [-0.3, -0.25) is 4.68 Å². The molecule has 0 atom stereocenters. The van der Waals surface area contributed by atoms with E-state index in [1.807, 2.05) is 37.3 Å². The summed E-state index contributed by atoms with van der Waals surface area (Å²) in [5.41, 5.74) is 1.73. The van der Waals surface area contributed by atoms with Crippen molar-refractivity contribution in [2.75, 3.05) is 5.32 Å². The molecular formula is C16H18N6O2. The minimum Gasteiger partial charge on any atom is -0.337 e. The molecule has 0 spiro atoms. The van der Waals surface area contributed by atoms with Crippen LogP contribution in [0.25, 0.3) is 0 Å². The molecule has 0 saturated heterocycles. The number of aryl methyl sites for hydroxylation is 1. The largest absolute Gasteiger partial charge is 0.337 e. The van der Waals surface area contributed by atoms with E-state index in [1.165, 1.54) is 0 Å². The first-order chi connectivity index (χ1) is 11.7. The molecule has 0 aliphatic rings. The molecule has 1 aromatic carbocycles. The number of nitrogens with zero attached hydrogens (tertiary/aromatic N) is 4. The van der Waals surface area contributed by atoms with Crippen molar-refractivity contribution in [2.45, 2.75) is 26.4 Å². The van der Waals surface area contributed by atoms with Gasteiger partial charge in [-0.25, -0.2) is 4.79 Å². The number of carbonyl (C=O) groups is 1. The van der Waals surface area contributed by atoms with Gasteiger partial charge in [0, 0.05) is 19.2 Å². The van der Waals surface area contributed by atoms with Gasteiger partial charge in [-0.05, 0) is 12.5 Å². The Morgan fingerprint density at radius 2 is 2.12 bits per heavy atom. The van der Waals surface area contributed by atoms with Crippen LogP contribution in [-0.2, 0) is 19.5 Å². The van der Waals surface area contributed by atoms with Crippen LogP contribution in [0.1, 0.15) is 24.2 Å². The molecule has 0 aliphatic carbocycles. The van der Waals surface area contributed by atoms with E-state index in [4.69, 9.17) is 4.52 Å². The predicted molar refractivity (Wildman–Crippen MR) is 87.3 cm³/mol. The summed E-state index contributed by atoms with van der Waals surface area (Å²) >= 11 is 0. The second-order valence-corrected chi connectivity index (χ2v) is 5.16. The van der Waals surface area contributed by atoms with E-state index in [0.717, 1.165) is 12.1 Å². The van der Waals surface area contributed by atoms with Gasteiger partial charge in [0.05, 0.1) is 18.4 Å². The fourth-order valence-corrected chi connectivity index (χ4v) is 2.14. The summed E-state index contributed by atoms with van der Waals surface area (Å²) in [6.45, 7) is 2.88. The Morgan fingerprint density at radius 3 is 2.88 bits per heavy atom. The number of urea groups is 1. The fraction of sp³-hybridized carbons (Fsp3) is 0.250. The van der Waals surface area contributed by atoms with Crippen LogP contribution < -0.4 is 10.6 Å². The van der Waals surface area contributed by atoms with Gasteiger partial charge in [0.2, 0.25) is 5.89 Å². The topological polar surface area (TPSA) is 97.9 Å². The highest BCUT2D eigenvalue weighted by Gasteiger charge is 2.09. The minimum absolute atomic E-state index is 0.162. The minimum atomic E-state index is -0.353. The van der Waals surface area contributed by atoms with E-state index in [9.17, 15) is 4.79 Å². The van der Waals surface area contributed by atoms with Crippen molar-refractivity contribution in [1.29, 1.82) is 0 Å². The summed E-state index contributed by atoms with van der Waals surface area (Å²) in [5.74, 6) is 0.947. The van der Waals surface area contributed by atoms with Crippen LogP contribution in [0.4, 0.5) is 10.5 Å². The molecule has 24 heavy (non-hydrogen) atoms. The third-order valence-corrected chi connectivity index (χ3v) is 3.33. The summed E-state index contributed by atoms with van der Waals surface area (Å²) in [6.07, 6.45) is 3.94. The Balaban J connectivity index is 1.49. The summed E-state index contributed by atoms with van der Waals surface area (Å²) < 4.78 is 6.86. The molecule has 124 valence electrons. The van der Waals surface area contributed by atoms with E-state index in [-0.39, 0.29) is 12.6 Å². The second kappa shape index (κ2) is 7.40. The van der Waals surface area contributed by atoms with Crippen LogP contribution >= 0.6 is 0 Å². The lowest BCUT2D eigenvalue weighted by Crippen LogP contribution is -2.28. The third kappa shape index (κ3) is 4.19. The van der Waals surface area contributed by atoms with Crippen molar-refractivity contribution < 1.29 is 9.32 Å². The van der Waals surface area contributed by atoms with Crippen molar-refractivity contribution in [3.8, 4) is 0 Å². The maximum atomic E-state index is 11.8. The lowest BCUT2D eigenvalue weighted by Gasteiger charge is -2.02. The Hall–Kier alpha value is -3.16. The molecule has 0 unspecified atom stereocenters. The number of benzene rings is 1. The first-order valence-electron chi connectivity index (χ1n) is 7.65. The summed E-state index contributed by atoms with van der Waals surface area (Å²) in [4.78, 5) is 16.1. The van der Waals surface area contributed by atoms with Crippen molar-refractivity contribution >= 4 is 11.7 Å². The standard InChI is InChI=1S/C16H18N6O2/c1-2-22-11-13(9-18-22)19-16(23)17-10-15-20-14(21-24-15)8-12-6-4-3-5-7-12/h3-7,9,11H,2,8,10H2,1H3,(H2,17,19,23). The molecule has 0 bridgehead atoms. The summed E-state index contributed by atoms with van der Waals surface area (Å²) in [6, 6.07) is 9.52. The van der Waals surface area contributed by atoms with Crippen molar-refractivity contribution in [3.05, 3.63) is 60.0 Å². The normalized spacial score (nSPS) is 10.5. The van der Waals surface area contributed by atoms with Gasteiger partial charge in [0.1, 0.15) is 0 Å². The molecule has 8 heteroatoms. The van der Waals surface area contributed by atoms with Crippen LogP contribution in [0.15, 0.2) is 47.2 Å². The van der Waals surface area contributed by atoms with Gasteiger partial charge >= 0.3 is 6.03 Å². The zero-order chi connectivity index (χ0) is 16.8. The molecule has 2 N–H and O–H groups in total. The molecule has 3 rings (SSSR count). The highest BCUT2D eigenvalue weighted by atomic mass is 16.5. The highest BCUT2D eigenvalue weighted by molar-refractivity contribution is 5.88. The van der Waals surface area contributed by atoms with Crippen LogP contribution in [0.2, 0.25) is 0 Å². The van der Waals surface area contributed by atoms with Gasteiger partial charge in [-0.15, -0.1) is 0 Å². The zero-order valence-corrected chi connectivity index (χ0v) is 13.3. The van der Waals surface area contributed by atoms with Gasteiger partial charge < -0.3 is 15.2 Å². The smallest absolute Gasteiger partial charge is 0.319 e. The molecule has 8 nitrogen and oxygen atoms in total. The van der Waals surface area contributed by atoms with Crippen LogP contribution in [-0.4, -0.2) is 26.0 Å². The number of anilines is 1. The Labute approximate surface area is 138 Å². The van der Waals surface area contributed by atoms with Crippen LogP contribution in [0, 0.1) is 0 Å². The fourth-order valence-electron chi connectivity index (χ4n) is 2.14. The van der Waals surface area contributed by atoms with Crippen molar-refractivity contribution in [2.24, 2.45) is 0 Å². The molecule has 2 heterocycles. The van der Waals surface area contributed by atoms with Gasteiger partial charge in [0.15, 0.2) is 5.82 Å².